The molecule has 8 nitrogen and oxygen atoms in total. The van der Waals surface area contributed by atoms with E-state index in [4.69, 9.17) is 16.6 Å². The summed E-state index contributed by atoms with van der Waals surface area (Å²) in [6, 6.07) is 15.2. The van der Waals surface area contributed by atoms with E-state index in [1.807, 2.05) is 49.4 Å². The Bertz CT molecular complexity index is 1330. The maximum atomic E-state index is 12.4. The molecule has 31 heavy (non-hydrogen) atoms. The first kappa shape index (κ1) is 20.5. The zero-order valence-electron chi connectivity index (χ0n) is 17.1. The molecule has 2 amide bonds. The first-order chi connectivity index (χ1) is 14.9. The van der Waals surface area contributed by atoms with Gasteiger partial charge in [0, 0.05) is 29.5 Å². The summed E-state index contributed by atoms with van der Waals surface area (Å²) in [5, 5.41) is 7.91. The number of aromatic nitrogens is 3. The minimum Gasteiger partial charge on any atom is -0.451 e. The molecule has 0 saturated heterocycles. The monoisotopic (exact) mass is 435 g/mol. The lowest BCUT2D eigenvalue weighted by Crippen LogP contribution is -2.42. The van der Waals surface area contributed by atoms with Crippen LogP contribution in [-0.4, -0.2) is 26.6 Å². The SMILES string of the molecule is Cc1cccc(-c2n[nH]c(=S)n2CCC(=O)NNC(=O)c2oc3ccccc3c2C)c1. The molecule has 2 aromatic carbocycles. The summed E-state index contributed by atoms with van der Waals surface area (Å²) >= 11 is 5.30. The molecule has 0 bridgehead atoms. The number of rotatable bonds is 5. The summed E-state index contributed by atoms with van der Waals surface area (Å²) in [5.74, 6) is -0.0495. The van der Waals surface area contributed by atoms with Crippen molar-refractivity contribution in [1.82, 2.24) is 25.6 Å². The van der Waals surface area contributed by atoms with Crippen LogP contribution in [0.3, 0.4) is 0 Å². The van der Waals surface area contributed by atoms with Gasteiger partial charge < -0.3 is 4.42 Å². The Morgan fingerprint density at radius 3 is 2.71 bits per heavy atom. The molecule has 0 saturated carbocycles. The summed E-state index contributed by atoms with van der Waals surface area (Å²) in [6.45, 7) is 4.11. The highest BCUT2D eigenvalue weighted by atomic mass is 32.1. The minimum absolute atomic E-state index is 0.103. The van der Waals surface area contributed by atoms with Crippen LogP contribution in [-0.2, 0) is 11.3 Å². The molecule has 158 valence electrons. The van der Waals surface area contributed by atoms with Gasteiger partial charge in [0.05, 0.1) is 0 Å². The number of hydrazine groups is 1. The molecule has 0 unspecified atom stereocenters. The molecule has 0 aliphatic carbocycles. The maximum absolute atomic E-state index is 12.4. The maximum Gasteiger partial charge on any atom is 0.305 e. The van der Waals surface area contributed by atoms with Gasteiger partial charge in [0.1, 0.15) is 5.58 Å². The van der Waals surface area contributed by atoms with Crippen LogP contribution in [0.2, 0.25) is 0 Å². The van der Waals surface area contributed by atoms with Crippen LogP contribution >= 0.6 is 12.2 Å². The number of aromatic amines is 1. The van der Waals surface area contributed by atoms with Crippen molar-refractivity contribution in [2.75, 3.05) is 0 Å². The Hall–Kier alpha value is -3.72. The number of fused-ring (bicyclic) bond motifs is 1. The van der Waals surface area contributed by atoms with Crippen molar-refractivity contribution in [1.29, 1.82) is 0 Å². The fraction of sp³-hybridized carbons (Fsp3) is 0.182. The standard InChI is InChI=1S/C22H21N5O3S/c1-13-6-5-7-15(12-13)20-24-26-22(31)27(20)11-10-18(28)23-25-21(29)19-14(2)16-8-3-4-9-17(16)30-19/h3-9,12H,10-11H2,1-2H3,(H,23,28)(H,25,29)(H,26,31). The van der Waals surface area contributed by atoms with Crippen LogP contribution in [0.15, 0.2) is 52.9 Å². The number of para-hydroxylation sites is 1. The quantitative estimate of drug-likeness (QED) is 0.326. The van der Waals surface area contributed by atoms with Crippen LogP contribution in [0.5, 0.6) is 0 Å². The fourth-order valence-electron chi connectivity index (χ4n) is 3.38. The van der Waals surface area contributed by atoms with E-state index in [1.54, 1.807) is 17.6 Å². The van der Waals surface area contributed by atoms with Crippen molar-refractivity contribution >= 4 is 35.0 Å². The lowest BCUT2D eigenvalue weighted by atomic mass is 10.1. The van der Waals surface area contributed by atoms with E-state index in [1.165, 1.54) is 0 Å². The average molecular weight is 436 g/mol. The molecule has 2 heterocycles. The number of benzene rings is 2. The number of nitrogens with one attached hydrogen (secondary N) is 3. The first-order valence-electron chi connectivity index (χ1n) is 9.73. The van der Waals surface area contributed by atoms with Crippen LogP contribution in [0.1, 0.15) is 28.1 Å². The molecule has 0 fully saturated rings. The van der Waals surface area contributed by atoms with Gasteiger partial charge in [-0.25, -0.2) is 0 Å². The lowest BCUT2D eigenvalue weighted by Gasteiger charge is -2.09. The summed E-state index contributed by atoms with van der Waals surface area (Å²) in [6.07, 6.45) is 0.103. The largest absolute Gasteiger partial charge is 0.451 e. The normalized spacial score (nSPS) is 10.9. The second kappa shape index (κ2) is 8.57. The van der Waals surface area contributed by atoms with Crippen molar-refractivity contribution in [3.63, 3.8) is 0 Å². The summed E-state index contributed by atoms with van der Waals surface area (Å²) in [4.78, 5) is 24.8. The first-order valence-corrected chi connectivity index (χ1v) is 10.1. The third-order valence-electron chi connectivity index (χ3n) is 4.96. The number of carbonyl (C=O) groups excluding carboxylic acids is 2. The second-order valence-electron chi connectivity index (χ2n) is 7.18. The fourth-order valence-corrected chi connectivity index (χ4v) is 3.60. The van der Waals surface area contributed by atoms with Crippen molar-refractivity contribution in [2.45, 2.75) is 26.8 Å². The Kier molecular flexibility index (Phi) is 5.68. The van der Waals surface area contributed by atoms with E-state index in [2.05, 4.69) is 21.0 Å². The van der Waals surface area contributed by atoms with Gasteiger partial charge in [-0.1, -0.05) is 42.0 Å². The van der Waals surface area contributed by atoms with Gasteiger partial charge in [0.2, 0.25) is 5.91 Å². The number of amides is 2. The van der Waals surface area contributed by atoms with Crippen molar-refractivity contribution in [3.05, 3.63) is 70.2 Å². The van der Waals surface area contributed by atoms with Crippen molar-refractivity contribution < 1.29 is 14.0 Å². The number of hydrogen-bond acceptors (Lipinski definition) is 5. The molecule has 4 rings (SSSR count). The molecular weight excluding hydrogens is 414 g/mol. The van der Waals surface area contributed by atoms with E-state index >= 15 is 0 Å². The highest BCUT2D eigenvalue weighted by Gasteiger charge is 2.18. The smallest absolute Gasteiger partial charge is 0.305 e. The van der Waals surface area contributed by atoms with Crippen LogP contribution in [0.4, 0.5) is 0 Å². The van der Waals surface area contributed by atoms with Gasteiger partial charge in [0.25, 0.3) is 0 Å². The number of furan rings is 1. The molecule has 0 atom stereocenters. The summed E-state index contributed by atoms with van der Waals surface area (Å²) in [5.41, 5.74) is 8.17. The molecule has 4 aromatic rings. The van der Waals surface area contributed by atoms with E-state index in [9.17, 15) is 9.59 Å². The Balaban J connectivity index is 1.39. The predicted octanol–water partition coefficient (Wildman–Crippen LogP) is 3.82. The Morgan fingerprint density at radius 2 is 1.94 bits per heavy atom. The van der Waals surface area contributed by atoms with Gasteiger partial charge in [-0.3, -0.25) is 30.1 Å². The molecular formula is C22H21N5O3S. The van der Waals surface area contributed by atoms with E-state index in [-0.39, 0.29) is 18.1 Å². The number of nitrogens with zero attached hydrogens (tertiary/aromatic N) is 2. The number of hydrogen-bond donors (Lipinski definition) is 3. The lowest BCUT2D eigenvalue weighted by molar-refractivity contribution is -0.122. The van der Waals surface area contributed by atoms with E-state index < -0.39 is 5.91 Å². The Morgan fingerprint density at radius 1 is 1.13 bits per heavy atom. The third-order valence-corrected chi connectivity index (χ3v) is 5.27. The molecule has 0 aliphatic rings. The highest BCUT2D eigenvalue weighted by Crippen LogP contribution is 2.24. The van der Waals surface area contributed by atoms with E-state index in [0.717, 1.165) is 22.1 Å². The van der Waals surface area contributed by atoms with Crippen molar-refractivity contribution in [3.8, 4) is 11.4 Å². The molecule has 0 aliphatic heterocycles. The van der Waals surface area contributed by atoms with Crippen LogP contribution in [0.25, 0.3) is 22.4 Å². The van der Waals surface area contributed by atoms with Gasteiger partial charge in [-0.2, -0.15) is 5.10 Å². The van der Waals surface area contributed by atoms with Gasteiger partial charge in [-0.05, 0) is 38.2 Å². The minimum atomic E-state index is -0.512. The molecule has 3 N–H and O–H groups in total. The molecule has 0 spiro atoms. The molecule has 2 aromatic heterocycles. The number of aryl methyl sites for hydroxylation is 2. The predicted molar refractivity (Wildman–Crippen MR) is 119 cm³/mol. The van der Waals surface area contributed by atoms with Crippen molar-refractivity contribution in [2.24, 2.45) is 0 Å². The van der Waals surface area contributed by atoms with E-state index in [0.29, 0.717) is 22.7 Å². The molecule has 9 heteroatoms. The zero-order valence-corrected chi connectivity index (χ0v) is 17.9. The van der Waals surface area contributed by atoms with Gasteiger partial charge in [0.15, 0.2) is 16.4 Å². The van der Waals surface area contributed by atoms with Gasteiger partial charge >= 0.3 is 5.91 Å². The summed E-state index contributed by atoms with van der Waals surface area (Å²) < 4.78 is 7.79. The average Bonchev–Trinajstić information content (AvgIpc) is 3.30. The van der Waals surface area contributed by atoms with Crippen LogP contribution < -0.4 is 10.9 Å². The summed E-state index contributed by atoms with van der Waals surface area (Å²) in [7, 11) is 0. The van der Waals surface area contributed by atoms with Gasteiger partial charge in [-0.15, -0.1) is 0 Å². The number of H-pyrrole nitrogens is 1. The molecule has 0 radical (unpaired) electrons. The van der Waals surface area contributed by atoms with Crippen LogP contribution in [0, 0.1) is 18.6 Å². The number of carbonyl (C=O) groups is 2. The highest BCUT2D eigenvalue weighted by molar-refractivity contribution is 7.71. The zero-order chi connectivity index (χ0) is 22.0. The second-order valence-corrected chi connectivity index (χ2v) is 7.56. The third kappa shape index (κ3) is 4.26. The Labute approximate surface area is 183 Å². The topological polar surface area (TPSA) is 105 Å².